The van der Waals surface area contributed by atoms with Crippen molar-refractivity contribution < 1.29 is 9.90 Å². The number of hydrogen-bond donors (Lipinski definition) is 1. The van der Waals surface area contributed by atoms with E-state index in [4.69, 9.17) is 16.7 Å². The van der Waals surface area contributed by atoms with E-state index in [1.807, 2.05) is 18.2 Å². The number of nitrogens with zero attached hydrogens (tertiary/aromatic N) is 1. The quantitative estimate of drug-likeness (QED) is 0.868. The molecule has 1 aromatic carbocycles. The molecule has 0 amide bonds. The first-order valence-corrected chi connectivity index (χ1v) is 7.28. The highest BCUT2D eigenvalue weighted by Crippen LogP contribution is 2.25. The van der Waals surface area contributed by atoms with E-state index in [0.29, 0.717) is 18.1 Å². The van der Waals surface area contributed by atoms with E-state index in [2.05, 4.69) is 41.6 Å². The van der Waals surface area contributed by atoms with Crippen molar-refractivity contribution in [3.05, 3.63) is 33.3 Å². The van der Waals surface area contributed by atoms with Crippen molar-refractivity contribution in [3.8, 4) is 0 Å². The summed E-state index contributed by atoms with van der Waals surface area (Å²) < 4.78 is 0.971. The van der Waals surface area contributed by atoms with Crippen LogP contribution in [0.2, 0.25) is 5.02 Å². The Balaban J connectivity index is 2.88. The van der Waals surface area contributed by atoms with Crippen molar-refractivity contribution in [1.82, 2.24) is 4.90 Å². The summed E-state index contributed by atoms with van der Waals surface area (Å²) in [6.07, 6.45) is 0.128. The van der Waals surface area contributed by atoms with Crippen molar-refractivity contribution in [1.29, 1.82) is 0 Å². The summed E-state index contributed by atoms with van der Waals surface area (Å²) in [4.78, 5) is 12.9. The molecule has 0 fully saturated rings. The average molecular weight is 349 g/mol. The van der Waals surface area contributed by atoms with E-state index in [-0.39, 0.29) is 12.0 Å². The predicted octanol–water partition coefficient (Wildman–Crippen LogP) is 4.18. The first-order valence-electron chi connectivity index (χ1n) is 6.11. The summed E-state index contributed by atoms with van der Waals surface area (Å²) in [6.45, 7) is 7.35. The lowest BCUT2D eigenvalue weighted by molar-refractivity contribution is -0.137. The summed E-state index contributed by atoms with van der Waals surface area (Å²) in [5, 5.41) is 9.53. The first-order chi connectivity index (χ1) is 8.70. The summed E-state index contributed by atoms with van der Waals surface area (Å²) in [5.74, 6) is -0.783. The molecule has 0 unspecified atom stereocenters. The second kappa shape index (κ2) is 6.73. The molecule has 0 bridgehead atoms. The fourth-order valence-corrected chi connectivity index (χ4v) is 2.34. The van der Waals surface area contributed by atoms with Gasteiger partial charge in [-0.3, -0.25) is 9.69 Å². The highest BCUT2D eigenvalue weighted by atomic mass is 79.9. The van der Waals surface area contributed by atoms with E-state index >= 15 is 0 Å². The lowest BCUT2D eigenvalue weighted by atomic mass is 10.0. The van der Waals surface area contributed by atoms with Crippen LogP contribution in [0.15, 0.2) is 22.7 Å². The Hall–Kier alpha value is -0.580. The number of hydrogen-bond acceptors (Lipinski definition) is 2. The van der Waals surface area contributed by atoms with E-state index in [0.717, 1.165) is 10.0 Å². The van der Waals surface area contributed by atoms with Gasteiger partial charge in [0.1, 0.15) is 0 Å². The largest absolute Gasteiger partial charge is 0.481 e. The third-order valence-electron chi connectivity index (χ3n) is 2.91. The van der Waals surface area contributed by atoms with Crippen LogP contribution in [0.3, 0.4) is 0 Å². The number of carbonyl (C=O) groups is 1. The van der Waals surface area contributed by atoms with E-state index < -0.39 is 5.97 Å². The Morgan fingerprint density at radius 2 is 2.05 bits per heavy atom. The minimum Gasteiger partial charge on any atom is -0.481 e. The third-order valence-corrected chi connectivity index (χ3v) is 3.78. The van der Waals surface area contributed by atoms with Crippen LogP contribution in [-0.4, -0.2) is 28.1 Å². The maximum absolute atomic E-state index is 10.7. The van der Waals surface area contributed by atoms with Gasteiger partial charge in [0.2, 0.25) is 0 Å². The SMILES string of the molecule is CC(C)(C)N(CCC(=O)O)Cc1cc(Br)ccc1Cl. The van der Waals surface area contributed by atoms with Crippen LogP contribution in [0.4, 0.5) is 0 Å². The standard InChI is InChI=1S/C14H19BrClNO2/c1-14(2,3)17(7-6-13(18)19)9-10-8-11(15)4-5-12(10)16/h4-5,8H,6-7,9H2,1-3H3,(H,18,19). The van der Waals surface area contributed by atoms with Crippen LogP contribution >= 0.6 is 27.5 Å². The zero-order valence-electron chi connectivity index (χ0n) is 11.4. The monoisotopic (exact) mass is 347 g/mol. The van der Waals surface area contributed by atoms with Crippen molar-refractivity contribution in [2.45, 2.75) is 39.3 Å². The maximum atomic E-state index is 10.7. The summed E-state index contributed by atoms with van der Waals surface area (Å²) in [5.41, 5.74) is 0.887. The van der Waals surface area contributed by atoms with Gasteiger partial charge in [-0.1, -0.05) is 27.5 Å². The third kappa shape index (κ3) is 5.51. The summed E-state index contributed by atoms with van der Waals surface area (Å²) in [6, 6.07) is 5.71. The minimum absolute atomic E-state index is 0.110. The topological polar surface area (TPSA) is 40.5 Å². The molecule has 0 aromatic heterocycles. The second-order valence-corrected chi connectivity index (χ2v) is 6.79. The number of carboxylic acids is 1. The van der Waals surface area contributed by atoms with Crippen LogP contribution in [0.25, 0.3) is 0 Å². The van der Waals surface area contributed by atoms with E-state index in [1.165, 1.54) is 0 Å². The van der Waals surface area contributed by atoms with Gasteiger partial charge in [0.15, 0.2) is 0 Å². The average Bonchev–Trinajstić information content (AvgIpc) is 2.26. The predicted molar refractivity (Wildman–Crippen MR) is 81.6 cm³/mol. The highest BCUT2D eigenvalue weighted by molar-refractivity contribution is 9.10. The molecule has 1 N–H and O–H groups in total. The van der Waals surface area contributed by atoms with Crippen molar-refractivity contribution >= 4 is 33.5 Å². The summed E-state index contributed by atoms with van der Waals surface area (Å²) in [7, 11) is 0. The fraction of sp³-hybridized carbons (Fsp3) is 0.500. The number of carboxylic acid groups (broad SMARTS) is 1. The first kappa shape index (κ1) is 16.5. The lowest BCUT2D eigenvalue weighted by Crippen LogP contribution is -2.42. The molecule has 0 atom stereocenters. The number of aliphatic carboxylic acids is 1. The molecule has 0 aliphatic rings. The molecule has 0 saturated carbocycles. The van der Waals surface area contributed by atoms with Gasteiger partial charge >= 0.3 is 5.97 Å². The fourth-order valence-electron chi connectivity index (χ4n) is 1.75. The number of benzene rings is 1. The van der Waals surface area contributed by atoms with Gasteiger partial charge in [0.25, 0.3) is 0 Å². The van der Waals surface area contributed by atoms with Crippen LogP contribution < -0.4 is 0 Å². The van der Waals surface area contributed by atoms with Gasteiger partial charge in [-0.05, 0) is 44.5 Å². The minimum atomic E-state index is -0.783. The Kier molecular flexibility index (Phi) is 5.83. The molecule has 0 aliphatic heterocycles. The smallest absolute Gasteiger partial charge is 0.304 e. The van der Waals surface area contributed by atoms with Crippen molar-refractivity contribution in [2.24, 2.45) is 0 Å². The van der Waals surface area contributed by atoms with Gasteiger partial charge < -0.3 is 5.11 Å². The Morgan fingerprint density at radius 3 is 2.58 bits per heavy atom. The number of rotatable bonds is 5. The van der Waals surface area contributed by atoms with Gasteiger partial charge in [-0.15, -0.1) is 0 Å². The van der Waals surface area contributed by atoms with Crippen molar-refractivity contribution in [3.63, 3.8) is 0 Å². The molecule has 0 aliphatic carbocycles. The molecule has 0 saturated heterocycles. The van der Waals surface area contributed by atoms with Gasteiger partial charge in [-0.2, -0.15) is 0 Å². The van der Waals surface area contributed by atoms with E-state index in [9.17, 15) is 4.79 Å². The Labute approximate surface area is 127 Å². The van der Waals surface area contributed by atoms with Crippen LogP contribution in [0.1, 0.15) is 32.8 Å². The zero-order valence-corrected chi connectivity index (χ0v) is 13.8. The van der Waals surface area contributed by atoms with Crippen molar-refractivity contribution in [2.75, 3.05) is 6.54 Å². The van der Waals surface area contributed by atoms with Crippen LogP contribution in [0.5, 0.6) is 0 Å². The summed E-state index contributed by atoms with van der Waals surface area (Å²) >= 11 is 9.62. The highest BCUT2D eigenvalue weighted by Gasteiger charge is 2.22. The lowest BCUT2D eigenvalue weighted by Gasteiger charge is -2.35. The molecule has 19 heavy (non-hydrogen) atoms. The van der Waals surface area contributed by atoms with E-state index in [1.54, 1.807) is 0 Å². The molecule has 5 heteroatoms. The second-order valence-electron chi connectivity index (χ2n) is 5.47. The molecule has 1 aromatic rings. The molecular weight excluding hydrogens is 330 g/mol. The molecular formula is C14H19BrClNO2. The molecule has 0 spiro atoms. The molecule has 0 heterocycles. The van der Waals surface area contributed by atoms with Crippen LogP contribution in [-0.2, 0) is 11.3 Å². The van der Waals surface area contributed by atoms with Gasteiger partial charge in [0, 0.05) is 28.1 Å². The molecule has 3 nitrogen and oxygen atoms in total. The zero-order chi connectivity index (χ0) is 14.6. The maximum Gasteiger partial charge on any atom is 0.304 e. The van der Waals surface area contributed by atoms with Gasteiger partial charge in [-0.25, -0.2) is 0 Å². The molecule has 1 rings (SSSR count). The number of halogens is 2. The normalized spacial score (nSPS) is 11.9. The Bertz CT molecular complexity index is 457. The van der Waals surface area contributed by atoms with Crippen LogP contribution in [0, 0.1) is 0 Å². The molecule has 106 valence electrons. The van der Waals surface area contributed by atoms with Gasteiger partial charge in [0.05, 0.1) is 6.42 Å². The molecule has 0 radical (unpaired) electrons. The Morgan fingerprint density at radius 1 is 1.42 bits per heavy atom.